The van der Waals surface area contributed by atoms with Crippen LogP contribution < -0.4 is 5.32 Å². The third-order valence-electron chi connectivity index (χ3n) is 2.86. The van der Waals surface area contributed by atoms with Gasteiger partial charge in [-0.25, -0.2) is 8.42 Å². The van der Waals surface area contributed by atoms with Gasteiger partial charge in [0.05, 0.1) is 0 Å². The molecule has 23 heavy (non-hydrogen) atoms. The van der Waals surface area contributed by atoms with Gasteiger partial charge in [0.1, 0.15) is 0 Å². The first-order valence-electron chi connectivity index (χ1n) is 6.98. The zero-order valence-corrected chi connectivity index (χ0v) is 13.4. The fourth-order valence-electron chi connectivity index (χ4n) is 1.74. The first kappa shape index (κ1) is 16.9. The first-order chi connectivity index (χ1) is 10.9. The van der Waals surface area contributed by atoms with Crippen molar-refractivity contribution < 1.29 is 17.6 Å². The monoisotopic (exact) mass is 335 g/mol. The minimum Gasteiger partial charge on any atom is -0.413 e. The molecular formula is C15H17N3O4S. The average molecular weight is 335 g/mol. The standard InChI is InChI=1S/C15H17N3O4S/c1-23(20,21)15-18-17-14(22-15)8-5-11-16-13(19)10-9-12-6-3-2-4-7-12/h2-4,6-7,9-10H,5,8,11H2,1H3,(H,16,19)/b10-9+. The van der Waals surface area contributed by atoms with Gasteiger partial charge in [-0.15, -0.1) is 5.10 Å². The number of benzene rings is 1. The van der Waals surface area contributed by atoms with Crippen LogP contribution in [0.4, 0.5) is 0 Å². The van der Waals surface area contributed by atoms with Crippen LogP contribution in [0.5, 0.6) is 0 Å². The molecule has 0 unspecified atom stereocenters. The van der Waals surface area contributed by atoms with Crippen molar-refractivity contribution in [1.29, 1.82) is 0 Å². The van der Waals surface area contributed by atoms with Crippen LogP contribution in [0.15, 0.2) is 46.0 Å². The van der Waals surface area contributed by atoms with E-state index in [1.807, 2.05) is 30.3 Å². The third kappa shape index (κ3) is 5.67. The maximum atomic E-state index is 11.6. The Balaban J connectivity index is 1.72. The predicted molar refractivity (Wildman–Crippen MR) is 84.2 cm³/mol. The maximum absolute atomic E-state index is 11.6. The van der Waals surface area contributed by atoms with Gasteiger partial charge in [0.25, 0.3) is 0 Å². The molecule has 7 nitrogen and oxygen atoms in total. The Morgan fingerprint density at radius 1 is 1.26 bits per heavy atom. The Hall–Kier alpha value is -2.48. The van der Waals surface area contributed by atoms with Gasteiger partial charge in [-0.2, -0.15) is 0 Å². The quantitative estimate of drug-likeness (QED) is 0.603. The summed E-state index contributed by atoms with van der Waals surface area (Å²) in [4.78, 5) is 11.6. The van der Waals surface area contributed by atoms with E-state index >= 15 is 0 Å². The molecule has 0 fully saturated rings. The molecule has 1 amide bonds. The Morgan fingerprint density at radius 3 is 2.65 bits per heavy atom. The molecule has 0 saturated heterocycles. The molecule has 0 bridgehead atoms. The lowest BCUT2D eigenvalue weighted by Crippen LogP contribution is -2.22. The molecule has 0 spiro atoms. The van der Waals surface area contributed by atoms with E-state index < -0.39 is 9.84 Å². The van der Waals surface area contributed by atoms with E-state index in [4.69, 9.17) is 4.42 Å². The fourth-order valence-corrected chi connectivity index (χ4v) is 2.17. The zero-order valence-electron chi connectivity index (χ0n) is 12.6. The molecule has 0 aliphatic carbocycles. The topological polar surface area (TPSA) is 102 Å². The molecule has 122 valence electrons. The van der Waals surface area contributed by atoms with Gasteiger partial charge >= 0.3 is 5.22 Å². The van der Waals surface area contributed by atoms with E-state index in [1.54, 1.807) is 6.08 Å². The minimum absolute atomic E-state index is 0.198. The molecular weight excluding hydrogens is 318 g/mol. The lowest BCUT2D eigenvalue weighted by atomic mass is 10.2. The number of aryl methyl sites for hydroxylation is 1. The van der Waals surface area contributed by atoms with Crippen LogP contribution in [0.3, 0.4) is 0 Å². The Kier molecular flexibility index (Phi) is 5.64. The number of carbonyl (C=O) groups excluding carboxylic acids is 1. The van der Waals surface area contributed by atoms with E-state index in [0.29, 0.717) is 19.4 Å². The van der Waals surface area contributed by atoms with E-state index in [9.17, 15) is 13.2 Å². The lowest BCUT2D eigenvalue weighted by Gasteiger charge is -2.00. The number of hydrogen-bond donors (Lipinski definition) is 1. The van der Waals surface area contributed by atoms with E-state index in [-0.39, 0.29) is 17.0 Å². The smallest absolute Gasteiger partial charge is 0.335 e. The summed E-state index contributed by atoms with van der Waals surface area (Å²) in [6.07, 6.45) is 5.15. The SMILES string of the molecule is CS(=O)(=O)c1nnc(CCCNC(=O)/C=C/c2ccccc2)o1. The molecule has 0 radical (unpaired) electrons. The molecule has 1 aromatic heterocycles. The summed E-state index contributed by atoms with van der Waals surface area (Å²) >= 11 is 0. The molecule has 8 heteroatoms. The second-order valence-corrected chi connectivity index (χ2v) is 6.77. The lowest BCUT2D eigenvalue weighted by molar-refractivity contribution is -0.116. The van der Waals surface area contributed by atoms with Crippen LogP contribution in [-0.4, -0.2) is 37.3 Å². The van der Waals surface area contributed by atoms with Gasteiger partial charge in [0.2, 0.25) is 21.6 Å². The summed E-state index contributed by atoms with van der Waals surface area (Å²) < 4.78 is 27.4. The summed E-state index contributed by atoms with van der Waals surface area (Å²) in [5.41, 5.74) is 0.946. The minimum atomic E-state index is -3.48. The molecule has 0 aliphatic heterocycles. The summed E-state index contributed by atoms with van der Waals surface area (Å²) in [6.45, 7) is 0.425. The molecule has 2 rings (SSSR count). The number of nitrogens with one attached hydrogen (secondary N) is 1. The van der Waals surface area contributed by atoms with Crippen molar-refractivity contribution in [3.63, 3.8) is 0 Å². The van der Waals surface area contributed by atoms with Crippen molar-refractivity contribution >= 4 is 21.8 Å². The number of rotatable bonds is 7. The largest absolute Gasteiger partial charge is 0.413 e. The van der Waals surface area contributed by atoms with Crippen LogP contribution in [0.2, 0.25) is 0 Å². The van der Waals surface area contributed by atoms with Gasteiger partial charge in [-0.1, -0.05) is 35.4 Å². The van der Waals surface area contributed by atoms with Crippen molar-refractivity contribution in [2.45, 2.75) is 18.1 Å². The Morgan fingerprint density at radius 2 is 2.00 bits per heavy atom. The van der Waals surface area contributed by atoms with Gasteiger partial charge in [-0.05, 0) is 18.1 Å². The summed E-state index contributed by atoms with van der Waals surface area (Å²) in [5.74, 6) is 0.0377. The number of sulfone groups is 1. The summed E-state index contributed by atoms with van der Waals surface area (Å²) in [6, 6.07) is 9.50. The van der Waals surface area contributed by atoms with Crippen molar-refractivity contribution in [3.8, 4) is 0 Å². The van der Waals surface area contributed by atoms with Crippen molar-refractivity contribution in [2.24, 2.45) is 0 Å². The van der Waals surface area contributed by atoms with E-state index in [1.165, 1.54) is 6.08 Å². The van der Waals surface area contributed by atoms with Gasteiger partial charge in [0, 0.05) is 25.3 Å². The third-order valence-corrected chi connectivity index (χ3v) is 3.66. The van der Waals surface area contributed by atoms with E-state index in [2.05, 4.69) is 15.5 Å². The number of nitrogens with zero attached hydrogens (tertiary/aromatic N) is 2. The van der Waals surface area contributed by atoms with Gasteiger partial charge < -0.3 is 9.73 Å². The number of carbonyl (C=O) groups is 1. The highest BCUT2D eigenvalue weighted by molar-refractivity contribution is 7.90. The molecule has 1 N–H and O–H groups in total. The summed E-state index contributed by atoms with van der Waals surface area (Å²) in [7, 11) is -3.48. The highest BCUT2D eigenvalue weighted by Gasteiger charge is 2.15. The van der Waals surface area contributed by atoms with Crippen molar-refractivity contribution in [1.82, 2.24) is 15.5 Å². The number of aromatic nitrogens is 2. The van der Waals surface area contributed by atoms with Crippen molar-refractivity contribution in [2.75, 3.05) is 12.8 Å². The van der Waals surface area contributed by atoms with Gasteiger partial charge in [-0.3, -0.25) is 4.79 Å². The molecule has 2 aromatic rings. The van der Waals surface area contributed by atoms with Crippen LogP contribution >= 0.6 is 0 Å². The maximum Gasteiger partial charge on any atom is 0.335 e. The van der Waals surface area contributed by atoms with Gasteiger partial charge in [0.15, 0.2) is 0 Å². The van der Waals surface area contributed by atoms with Crippen LogP contribution in [0.1, 0.15) is 17.9 Å². The number of amides is 1. The molecule has 1 aromatic carbocycles. The predicted octanol–water partition coefficient (Wildman–Crippen LogP) is 1.24. The molecule has 0 atom stereocenters. The fraction of sp³-hybridized carbons (Fsp3) is 0.267. The highest BCUT2D eigenvalue weighted by Crippen LogP contribution is 2.08. The van der Waals surface area contributed by atoms with E-state index in [0.717, 1.165) is 11.8 Å². The second kappa shape index (κ2) is 7.68. The van der Waals surface area contributed by atoms with Crippen LogP contribution in [-0.2, 0) is 21.1 Å². The second-order valence-electron chi connectivity index (χ2n) is 4.87. The molecule has 0 aliphatic rings. The molecule has 1 heterocycles. The normalized spacial score (nSPS) is 11.7. The Bertz CT molecular complexity index is 782. The Labute approximate surface area is 134 Å². The number of hydrogen-bond acceptors (Lipinski definition) is 6. The zero-order chi connectivity index (χ0) is 16.7. The first-order valence-corrected chi connectivity index (χ1v) is 8.88. The summed E-state index contributed by atoms with van der Waals surface area (Å²) in [5, 5.41) is 9.45. The average Bonchev–Trinajstić information content (AvgIpc) is 3.00. The highest BCUT2D eigenvalue weighted by atomic mass is 32.2. The van der Waals surface area contributed by atoms with Crippen molar-refractivity contribution in [3.05, 3.63) is 47.9 Å². The molecule has 0 saturated carbocycles. The van der Waals surface area contributed by atoms with Crippen LogP contribution in [0.25, 0.3) is 6.08 Å². The van der Waals surface area contributed by atoms with Crippen LogP contribution in [0, 0.1) is 0 Å².